The highest BCUT2D eigenvalue weighted by molar-refractivity contribution is 5.80. The van der Waals surface area contributed by atoms with Crippen molar-refractivity contribution in [3.63, 3.8) is 0 Å². The summed E-state index contributed by atoms with van der Waals surface area (Å²) in [4.78, 5) is 2.25. The van der Waals surface area contributed by atoms with Gasteiger partial charge in [0.25, 0.3) is 0 Å². The monoisotopic (exact) mass is 336 g/mol. The minimum Gasteiger partial charge on any atom is -0.342 e. The highest BCUT2D eigenvalue weighted by atomic mass is 16.5. The molecule has 3 aromatic carbocycles. The molecule has 2 heterocycles. The molecule has 0 aliphatic carbocycles. The van der Waals surface area contributed by atoms with E-state index in [9.17, 15) is 0 Å². The van der Waals surface area contributed by atoms with Gasteiger partial charge < -0.3 is 9.64 Å². The Bertz CT molecular complexity index is 1050. The molecule has 0 aromatic heterocycles. The second-order valence-electron chi connectivity index (χ2n) is 6.49. The van der Waals surface area contributed by atoms with Crippen molar-refractivity contribution >= 4 is 17.5 Å². The highest BCUT2D eigenvalue weighted by Crippen LogP contribution is 2.46. The van der Waals surface area contributed by atoms with E-state index in [-0.39, 0.29) is 12.3 Å². The Hall–Kier alpha value is -3.35. The van der Waals surface area contributed by atoms with E-state index in [1.165, 1.54) is 5.56 Å². The Morgan fingerprint density at radius 3 is 2.38 bits per heavy atom. The molecule has 2 aliphatic heterocycles. The molecule has 0 radical (unpaired) electrons. The average molecular weight is 336 g/mol. The summed E-state index contributed by atoms with van der Waals surface area (Å²) < 4.78 is 6.49. The predicted molar refractivity (Wildman–Crippen MR) is 102 cm³/mol. The van der Waals surface area contributed by atoms with E-state index in [1.807, 2.05) is 30.3 Å². The van der Waals surface area contributed by atoms with Gasteiger partial charge in [0.05, 0.1) is 23.0 Å². The fourth-order valence-electron chi connectivity index (χ4n) is 3.76. The Kier molecular flexibility index (Phi) is 3.38. The number of anilines is 2. The molecule has 0 amide bonds. The van der Waals surface area contributed by atoms with Gasteiger partial charge in [-0.05, 0) is 41.5 Å². The normalized spacial score (nSPS) is 19.9. The molecule has 3 heteroatoms. The number of nitriles is 1. The first-order valence-corrected chi connectivity index (χ1v) is 8.66. The van der Waals surface area contributed by atoms with E-state index in [0.717, 1.165) is 22.5 Å². The summed E-state index contributed by atoms with van der Waals surface area (Å²) in [6.07, 6.45) is 3.92. The summed E-state index contributed by atoms with van der Waals surface area (Å²) in [5.41, 5.74) is 6.37. The van der Waals surface area contributed by atoms with Crippen LogP contribution in [0.1, 0.15) is 28.4 Å². The van der Waals surface area contributed by atoms with Crippen LogP contribution >= 0.6 is 0 Å². The molecule has 3 aromatic rings. The Balaban J connectivity index is 1.65. The molecule has 0 N–H and O–H groups in total. The van der Waals surface area contributed by atoms with Crippen LogP contribution in [-0.4, -0.2) is 6.23 Å². The van der Waals surface area contributed by atoms with Crippen LogP contribution < -0.4 is 4.90 Å². The van der Waals surface area contributed by atoms with Crippen LogP contribution in [0.4, 0.5) is 11.4 Å². The predicted octanol–water partition coefficient (Wildman–Crippen LogP) is 5.17. The molecule has 5 rings (SSSR count). The lowest BCUT2D eigenvalue weighted by molar-refractivity contribution is 0.0302. The summed E-state index contributed by atoms with van der Waals surface area (Å²) in [6.45, 7) is 0. The van der Waals surface area contributed by atoms with Crippen LogP contribution in [0.15, 0.2) is 78.9 Å². The van der Waals surface area contributed by atoms with E-state index >= 15 is 0 Å². The van der Waals surface area contributed by atoms with Gasteiger partial charge in [0.15, 0.2) is 6.23 Å². The molecule has 0 saturated carbocycles. The number of para-hydroxylation sites is 2. The van der Waals surface area contributed by atoms with E-state index in [1.54, 1.807) is 0 Å². The summed E-state index contributed by atoms with van der Waals surface area (Å²) in [6, 6.07) is 26.6. The number of ether oxygens (including phenoxy) is 1. The van der Waals surface area contributed by atoms with Crippen LogP contribution in [-0.2, 0) is 4.74 Å². The third-order valence-electron chi connectivity index (χ3n) is 4.99. The second kappa shape index (κ2) is 5.87. The maximum absolute atomic E-state index is 9.05. The third-order valence-corrected chi connectivity index (χ3v) is 4.99. The Morgan fingerprint density at radius 1 is 0.846 bits per heavy atom. The first-order valence-electron chi connectivity index (χ1n) is 8.66. The zero-order valence-corrected chi connectivity index (χ0v) is 14.0. The van der Waals surface area contributed by atoms with Crippen molar-refractivity contribution in [2.24, 2.45) is 0 Å². The molecule has 0 spiro atoms. The van der Waals surface area contributed by atoms with Crippen molar-refractivity contribution in [3.05, 3.63) is 101 Å². The fraction of sp³-hybridized carbons (Fsp3) is 0.0870. The maximum atomic E-state index is 9.05. The van der Waals surface area contributed by atoms with E-state index < -0.39 is 0 Å². The first-order chi connectivity index (χ1) is 12.8. The van der Waals surface area contributed by atoms with Crippen molar-refractivity contribution in [2.75, 3.05) is 4.90 Å². The smallest absolute Gasteiger partial charge is 0.155 e. The minimum absolute atomic E-state index is 0.152. The SMILES string of the molecule is N#Cc1ccc([C@@H]2O[C@H]3C=Cc4ccccc4N3c3ccccc32)cc1. The van der Waals surface area contributed by atoms with Gasteiger partial charge >= 0.3 is 0 Å². The molecular formula is C23H16N2O. The third kappa shape index (κ3) is 2.24. The summed E-state index contributed by atoms with van der Waals surface area (Å²) >= 11 is 0. The van der Waals surface area contributed by atoms with Crippen LogP contribution in [0.5, 0.6) is 0 Å². The van der Waals surface area contributed by atoms with Crippen LogP contribution in [0.2, 0.25) is 0 Å². The van der Waals surface area contributed by atoms with Crippen molar-refractivity contribution < 1.29 is 4.74 Å². The van der Waals surface area contributed by atoms with Gasteiger partial charge in [0.1, 0.15) is 6.10 Å². The van der Waals surface area contributed by atoms with Crippen LogP contribution in [0.25, 0.3) is 6.08 Å². The minimum atomic E-state index is -0.157. The molecule has 2 atom stereocenters. The van der Waals surface area contributed by atoms with Gasteiger partial charge in [0.2, 0.25) is 0 Å². The topological polar surface area (TPSA) is 36.3 Å². The Labute approximate surface area is 152 Å². The van der Waals surface area contributed by atoms with Gasteiger partial charge in [-0.2, -0.15) is 5.26 Å². The standard InChI is InChI=1S/C23H16N2O/c24-15-16-9-11-18(12-10-16)23-19-6-2-4-8-21(19)25-20-7-3-1-5-17(20)13-14-22(25)26-23/h1-14,22-23H/t22-,23-/m0/s1. The zero-order valence-electron chi connectivity index (χ0n) is 14.0. The molecule has 0 fully saturated rings. The molecule has 3 nitrogen and oxygen atoms in total. The summed E-state index contributed by atoms with van der Waals surface area (Å²) in [5, 5.41) is 9.05. The number of fused-ring (bicyclic) bond motifs is 5. The quantitative estimate of drug-likeness (QED) is 0.615. The number of hydrogen-bond donors (Lipinski definition) is 0. The number of nitrogens with zero attached hydrogens (tertiary/aromatic N) is 2. The van der Waals surface area contributed by atoms with E-state index in [2.05, 4.69) is 65.6 Å². The van der Waals surface area contributed by atoms with E-state index in [0.29, 0.717) is 5.56 Å². The highest BCUT2D eigenvalue weighted by Gasteiger charge is 2.35. The number of rotatable bonds is 1. The number of hydrogen-bond acceptors (Lipinski definition) is 3. The fourth-order valence-corrected chi connectivity index (χ4v) is 3.76. The van der Waals surface area contributed by atoms with Gasteiger partial charge in [-0.15, -0.1) is 0 Å². The molecule has 26 heavy (non-hydrogen) atoms. The van der Waals surface area contributed by atoms with Crippen LogP contribution in [0, 0.1) is 11.3 Å². The molecule has 0 unspecified atom stereocenters. The van der Waals surface area contributed by atoms with Gasteiger partial charge in [-0.3, -0.25) is 0 Å². The van der Waals surface area contributed by atoms with Gasteiger partial charge in [-0.1, -0.05) is 54.6 Å². The van der Waals surface area contributed by atoms with Crippen molar-refractivity contribution in [2.45, 2.75) is 12.3 Å². The molecular weight excluding hydrogens is 320 g/mol. The lowest BCUT2D eigenvalue weighted by atomic mass is 9.94. The van der Waals surface area contributed by atoms with Crippen molar-refractivity contribution in [1.29, 1.82) is 5.26 Å². The van der Waals surface area contributed by atoms with Crippen molar-refractivity contribution in [3.8, 4) is 6.07 Å². The molecule has 2 aliphatic rings. The second-order valence-corrected chi connectivity index (χ2v) is 6.49. The first kappa shape index (κ1) is 14.9. The lowest BCUT2D eigenvalue weighted by Crippen LogP contribution is -2.40. The largest absolute Gasteiger partial charge is 0.342 e. The summed E-state index contributed by atoms with van der Waals surface area (Å²) in [5.74, 6) is 0. The van der Waals surface area contributed by atoms with E-state index in [4.69, 9.17) is 10.00 Å². The van der Waals surface area contributed by atoms with Crippen LogP contribution in [0.3, 0.4) is 0 Å². The molecule has 0 saturated heterocycles. The maximum Gasteiger partial charge on any atom is 0.155 e. The molecule has 0 bridgehead atoms. The zero-order chi connectivity index (χ0) is 17.5. The number of benzene rings is 3. The average Bonchev–Trinajstić information content (AvgIpc) is 2.73. The van der Waals surface area contributed by atoms with Crippen molar-refractivity contribution in [1.82, 2.24) is 0 Å². The lowest BCUT2D eigenvalue weighted by Gasteiger charge is -2.43. The summed E-state index contributed by atoms with van der Waals surface area (Å²) in [7, 11) is 0. The van der Waals surface area contributed by atoms with Gasteiger partial charge in [-0.25, -0.2) is 0 Å². The Morgan fingerprint density at radius 2 is 1.58 bits per heavy atom. The molecule has 124 valence electrons. The van der Waals surface area contributed by atoms with Gasteiger partial charge in [0, 0.05) is 5.56 Å².